The average molecular weight is 276 g/mol. The molecule has 5 heteroatoms. The molecule has 0 aliphatic heterocycles. The molecule has 1 unspecified atom stereocenters. The molecule has 0 aromatic carbocycles. The van der Waals surface area contributed by atoms with E-state index in [0.29, 0.717) is 12.6 Å². The number of halogens is 1. The molecular weight excluding hydrogens is 258 g/mol. The number of aliphatic hydroxyl groups is 1. The smallest absolute Gasteiger partial charge is 0.117 e. The standard InChI is InChI=1S/C10H18BrN3O/c1-7(2)12-6-10(3,15)9-8(11)5-13-14(9)4/h5,7,12,15H,6H2,1-4H3. The van der Waals surface area contributed by atoms with Crippen molar-refractivity contribution in [1.82, 2.24) is 15.1 Å². The van der Waals surface area contributed by atoms with Gasteiger partial charge in [0.25, 0.3) is 0 Å². The fourth-order valence-corrected chi connectivity index (χ4v) is 2.28. The lowest BCUT2D eigenvalue weighted by Crippen LogP contribution is -2.40. The highest BCUT2D eigenvalue weighted by molar-refractivity contribution is 9.10. The van der Waals surface area contributed by atoms with Gasteiger partial charge < -0.3 is 10.4 Å². The summed E-state index contributed by atoms with van der Waals surface area (Å²) in [6, 6.07) is 0.350. The zero-order valence-electron chi connectivity index (χ0n) is 9.58. The predicted molar refractivity (Wildman–Crippen MR) is 63.6 cm³/mol. The second kappa shape index (κ2) is 4.63. The van der Waals surface area contributed by atoms with E-state index in [1.807, 2.05) is 20.9 Å². The Morgan fingerprint density at radius 3 is 2.67 bits per heavy atom. The molecule has 0 fully saturated rings. The van der Waals surface area contributed by atoms with Crippen LogP contribution in [0, 0.1) is 0 Å². The second-order valence-electron chi connectivity index (χ2n) is 4.27. The molecule has 1 aromatic rings. The van der Waals surface area contributed by atoms with Gasteiger partial charge in [-0.1, -0.05) is 13.8 Å². The van der Waals surface area contributed by atoms with Gasteiger partial charge in [-0.2, -0.15) is 5.10 Å². The Bertz CT molecular complexity index is 314. The normalized spacial score (nSPS) is 15.7. The van der Waals surface area contributed by atoms with Gasteiger partial charge in [-0.05, 0) is 22.9 Å². The highest BCUT2D eigenvalue weighted by Gasteiger charge is 2.29. The van der Waals surface area contributed by atoms with E-state index in [1.54, 1.807) is 17.8 Å². The van der Waals surface area contributed by atoms with Gasteiger partial charge in [-0.15, -0.1) is 0 Å². The molecule has 0 saturated carbocycles. The van der Waals surface area contributed by atoms with E-state index in [2.05, 4.69) is 26.3 Å². The summed E-state index contributed by atoms with van der Waals surface area (Å²) in [6.07, 6.45) is 1.69. The molecule has 0 spiro atoms. The predicted octanol–water partition coefficient (Wildman–Crippen LogP) is 1.39. The summed E-state index contributed by atoms with van der Waals surface area (Å²) in [6.45, 7) is 6.38. The van der Waals surface area contributed by atoms with Crippen molar-refractivity contribution in [3.63, 3.8) is 0 Å². The molecule has 0 bridgehead atoms. The molecule has 0 saturated heterocycles. The Hall–Kier alpha value is -0.390. The van der Waals surface area contributed by atoms with Gasteiger partial charge in [0.05, 0.1) is 16.4 Å². The SMILES string of the molecule is CC(C)NCC(C)(O)c1c(Br)cnn1C. The van der Waals surface area contributed by atoms with Crippen LogP contribution in [0.4, 0.5) is 0 Å². The lowest BCUT2D eigenvalue weighted by atomic mass is 10.0. The third-order valence-corrected chi connectivity index (χ3v) is 2.84. The minimum atomic E-state index is -0.922. The van der Waals surface area contributed by atoms with Crippen molar-refractivity contribution in [3.8, 4) is 0 Å². The van der Waals surface area contributed by atoms with Crippen molar-refractivity contribution in [2.75, 3.05) is 6.54 Å². The largest absolute Gasteiger partial charge is 0.382 e. The molecule has 1 heterocycles. The summed E-state index contributed by atoms with van der Waals surface area (Å²) in [5.41, 5.74) is -0.135. The summed E-state index contributed by atoms with van der Waals surface area (Å²) >= 11 is 3.39. The summed E-state index contributed by atoms with van der Waals surface area (Å²) < 4.78 is 2.52. The molecule has 1 atom stereocenters. The molecule has 1 aromatic heterocycles. The third-order valence-electron chi connectivity index (χ3n) is 2.26. The van der Waals surface area contributed by atoms with E-state index in [1.165, 1.54) is 0 Å². The fourth-order valence-electron chi connectivity index (χ4n) is 1.50. The molecule has 0 amide bonds. The van der Waals surface area contributed by atoms with Crippen molar-refractivity contribution in [1.29, 1.82) is 0 Å². The zero-order valence-corrected chi connectivity index (χ0v) is 11.2. The topological polar surface area (TPSA) is 50.1 Å². The van der Waals surface area contributed by atoms with Crippen LogP contribution in [-0.2, 0) is 12.6 Å². The molecule has 0 aliphatic rings. The number of nitrogens with zero attached hydrogens (tertiary/aromatic N) is 2. The number of hydrogen-bond donors (Lipinski definition) is 2. The monoisotopic (exact) mass is 275 g/mol. The van der Waals surface area contributed by atoms with Crippen molar-refractivity contribution in [2.45, 2.75) is 32.4 Å². The Morgan fingerprint density at radius 2 is 2.27 bits per heavy atom. The van der Waals surface area contributed by atoms with Crippen LogP contribution < -0.4 is 5.32 Å². The van der Waals surface area contributed by atoms with E-state index in [-0.39, 0.29) is 0 Å². The van der Waals surface area contributed by atoms with Gasteiger partial charge in [-0.25, -0.2) is 0 Å². The van der Waals surface area contributed by atoms with E-state index in [0.717, 1.165) is 10.2 Å². The van der Waals surface area contributed by atoms with Crippen LogP contribution in [0.25, 0.3) is 0 Å². The van der Waals surface area contributed by atoms with E-state index < -0.39 is 5.60 Å². The van der Waals surface area contributed by atoms with E-state index in [9.17, 15) is 5.11 Å². The maximum Gasteiger partial charge on any atom is 0.117 e. The van der Waals surface area contributed by atoms with Gasteiger partial charge in [0.2, 0.25) is 0 Å². The summed E-state index contributed by atoms with van der Waals surface area (Å²) in [4.78, 5) is 0. The lowest BCUT2D eigenvalue weighted by molar-refractivity contribution is 0.0458. The number of rotatable bonds is 4. The van der Waals surface area contributed by atoms with Crippen LogP contribution in [0.1, 0.15) is 26.5 Å². The first-order valence-electron chi connectivity index (χ1n) is 4.98. The Labute approximate surface area is 98.8 Å². The summed E-state index contributed by atoms with van der Waals surface area (Å²) in [5, 5.41) is 17.6. The summed E-state index contributed by atoms with van der Waals surface area (Å²) in [5.74, 6) is 0. The Kier molecular flexibility index (Phi) is 3.92. The highest BCUT2D eigenvalue weighted by Crippen LogP contribution is 2.27. The molecule has 1 rings (SSSR count). The van der Waals surface area contributed by atoms with Crippen molar-refractivity contribution in [2.24, 2.45) is 7.05 Å². The average Bonchev–Trinajstić information content (AvgIpc) is 2.43. The van der Waals surface area contributed by atoms with Crippen LogP contribution in [0.2, 0.25) is 0 Å². The first-order chi connectivity index (χ1) is 6.84. The number of aryl methyl sites for hydroxylation is 1. The van der Waals surface area contributed by atoms with E-state index >= 15 is 0 Å². The van der Waals surface area contributed by atoms with Gasteiger partial charge >= 0.3 is 0 Å². The molecule has 15 heavy (non-hydrogen) atoms. The molecule has 4 nitrogen and oxygen atoms in total. The minimum absolute atomic E-state index is 0.350. The van der Waals surface area contributed by atoms with Crippen LogP contribution >= 0.6 is 15.9 Å². The molecular formula is C10H18BrN3O. The second-order valence-corrected chi connectivity index (χ2v) is 5.13. The lowest BCUT2D eigenvalue weighted by Gasteiger charge is -2.25. The van der Waals surface area contributed by atoms with E-state index in [4.69, 9.17) is 0 Å². The van der Waals surface area contributed by atoms with Gasteiger partial charge in [0, 0.05) is 19.6 Å². The fraction of sp³-hybridized carbons (Fsp3) is 0.700. The number of aromatic nitrogens is 2. The quantitative estimate of drug-likeness (QED) is 0.873. The molecule has 86 valence electrons. The molecule has 2 N–H and O–H groups in total. The Morgan fingerprint density at radius 1 is 1.67 bits per heavy atom. The van der Waals surface area contributed by atoms with Crippen LogP contribution in [0.3, 0.4) is 0 Å². The van der Waals surface area contributed by atoms with Gasteiger partial charge in [0.15, 0.2) is 0 Å². The van der Waals surface area contributed by atoms with Gasteiger partial charge in [0.1, 0.15) is 5.60 Å². The summed E-state index contributed by atoms with van der Waals surface area (Å²) in [7, 11) is 1.82. The number of hydrogen-bond acceptors (Lipinski definition) is 3. The third kappa shape index (κ3) is 3.03. The molecule has 0 radical (unpaired) electrons. The molecule has 0 aliphatic carbocycles. The minimum Gasteiger partial charge on any atom is -0.382 e. The number of nitrogens with one attached hydrogen (secondary N) is 1. The highest BCUT2D eigenvalue weighted by atomic mass is 79.9. The van der Waals surface area contributed by atoms with Crippen LogP contribution in [0.5, 0.6) is 0 Å². The van der Waals surface area contributed by atoms with Crippen molar-refractivity contribution in [3.05, 3.63) is 16.4 Å². The first-order valence-corrected chi connectivity index (χ1v) is 5.77. The van der Waals surface area contributed by atoms with Crippen LogP contribution in [-0.4, -0.2) is 27.5 Å². The maximum absolute atomic E-state index is 10.3. The Balaban J connectivity index is 2.85. The van der Waals surface area contributed by atoms with Crippen molar-refractivity contribution >= 4 is 15.9 Å². The maximum atomic E-state index is 10.3. The zero-order chi connectivity index (χ0) is 11.6. The van der Waals surface area contributed by atoms with Gasteiger partial charge in [-0.3, -0.25) is 4.68 Å². The van der Waals surface area contributed by atoms with Crippen molar-refractivity contribution < 1.29 is 5.11 Å². The van der Waals surface area contributed by atoms with Crippen LogP contribution in [0.15, 0.2) is 10.7 Å². The first kappa shape index (κ1) is 12.7.